The van der Waals surface area contributed by atoms with Gasteiger partial charge < -0.3 is 15.4 Å². The zero-order valence-electron chi connectivity index (χ0n) is 15.3. The van der Waals surface area contributed by atoms with Gasteiger partial charge in [-0.2, -0.15) is 0 Å². The van der Waals surface area contributed by atoms with Gasteiger partial charge in [0.15, 0.2) is 0 Å². The maximum Gasteiger partial charge on any atom is 0.255 e. The van der Waals surface area contributed by atoms with Crippen LogP contribution in [0.3, 0.4) is 0 Å². The fourth-order valence-electron chi connectivity index (χ4n) is 2.48. The van der Waals surface area contributed by atoms with Crippen LogP contribution in [0.15, 0.2) is 72.8 Å². The Morgan fingerprint density at radius 2 is 1.24 bits per heavy atom. The minimum Gasteiger partial charge on any atom is -0.492 e. The summed E-state index contributed by atoms with van der Waals surface area (Å²) in [5.74, 6) is -0.894. The first kappa shape index (κ1) is 20.0. The number of hydrogen-bond acceptors (Lipinski definition) is 3. The monoisotopic (exact) mass is 396 g/mol. The van der Waals surface area contributed by atoms with Gasteiger partial charge in [-0.3, -0.25) is 9.59 Å². The van der Waals surface area contributed by atoms with Crippen molar-refractivity contribution >= 4 is 17.5 Å². The van der Waals surface area contributed by atoms with E-state index in [4.69, 9.17) is 4.74 Å². The Morgan fingerprint density at radius 1 is 0.724 bits per heavy atom. The molecule has 7 heteroatoms. The fraction of sp³-hybridized carbons (Fsp3) is 0.0909. The van der Waals surface area contributed by atoms with E-state index in [-0.39, 0.29) is 25.0 Å². The van der Waals surface area contributed by atoms with Crippen LogP contribution in [0.5, 0.6) is 5.75 Å². The van der Waals surface area contributed by atoms with Gasteiger partial charge in [-0.25, -0.2) is 8.78 Å². The van der Waals surface area contributed by atoms with Gasteiger partial charge in [-0.15, -0.1) is 0 Å². The molecule has 0 heterocycles. The SMILES string of the molecule is O=C(NCCOc1ccc(NC(=O)c2ccc(F)cc2)cc1)c1ccc(F)cc1. The van der Waals surface area contributed by atoms with Crippen LogP contribution >= 0.6 is 0 Å². The molecule has 5 nitrogen and oxygen atoms in total. The van der Waals surface area contributed by atoms with Crippen molar-refractivity contribution in [1.82, 2.24) is 5.32 Å². The van der Waals surface area contributed by atoms with Crippen LogP contribution < -0.4 is 15.4 Å². The summed E-state index contributed by atoms with van der Waals surface area (Å²) in [5.41, 5.74) is 1.28. The van der Waals surface area contributed by atoms with Gasteiger partial charge in [-0.1, -0.05) is 0 Å². The molecule has 2 N–H and O–H groups in total. The Bertz CT molecular complexity index is 972. The molecule has 2 amide bonds. The first-order chi connectivity index (χ1) is 14.0. The number of anilines is 1. The molecule has 29 heavy (non-hydrogen) atoms. The molecule has 0 radical (unpaired) electrons. The van der Waals surface area contributed by atoms with E-state index in [0.717, 1.165) is 0 Å². The molecule has 148 valence electrons. The summed E-state index contributed by atoms with van der Waals surface area (Å²) in [7, 11) is 0. The molecule has 3 aromatic carbocycles. The molecule has 0 aliphatic carbocycles. The quantitative estimate of drug-likeness (QED) is 0.593. The average molecular weight is 396 g/mol. The Balaban J connectivity index is 1.43. The third-order valence-corrected chi connectivity index (χ3v) is 3.98. The first-order valence-corrected chi connectivity index (χ1v) is 8.85. The van der Waals surface area contributed by atoms with Gasteiger partial charge >= 0.3 is 0 Å². The van der Waals surface area contributed by atoms with Crippen LogP contribution in [0.1, 0.15) is 20.7 Å². The highest BCUT2D eigenvalue weighted by atomic mass is 19.1. The number of carbonyl (C=O) groups is 2. The zero-order valence-corrected chi connectivity index (χ0v) is 15.3. The van der Waals surface area contributed by atoms with Crippen LogP contribution in [0.25, 0.3) is 0 Å². The second-order valence-corrected chi connectivity index (χ2v) is 6.10. The summed E-state index contributed by atoms with van der Waals surface area (Å²) >= 11 is 0. The van der Waals surface area contributed by atoms with Crippen molar-refractivity contribution in [3.05, 3.63) is 95.6 Å². The van der Waals surface area contributed by atoms with E-state index in [1.54, 1.807) is 24.3 Å². The van der Waals surface area contributed by atoms with E-state index in [0.29, 0.717) is 22.6 Å². The van der Waals surface area contributed by atoms with Gasteiger partial charge in [0.1, 0.15) is 24.0 Å². The van der Waals surface area contributed by atoms with Gasteiger partial charge in [0.25, 0.3) is 11.8 Å². The summed E-state index contributed by atoms with van der Waals surface area (Å²) in [6.07, 6.45) is 0. The van der Waals surface area contributed by atoms with Crippen LogP contribution in [-0.4, -0.2) is 25.0 Å². The lowest BCUT2D eigenvalue weighted by Crippen LogP contribution is -2.28. The Morgan fingerprint density at radius 3 is 1.79 bits per heavy atom. The normalized spacial score (nSPS) is 10.3. The maximum atomic E-state index is 12.9. The summed E-state index contributed by atoms with van der Waals surface area (Å²) in [5, 5.41) is 5.39. The van der Waals surface area contributed by atoms with E-state index in [1.807, 2.05) is 0 Å². The lowest BCUT2D eigenvalue weighted by atomic mass is 10.2. The predicted octanol–water partition coefficient (Wildman–Crippen LogP) is 4.03. The number of nitrogens with one attached hydrogen (secondary N) is 2. The van der Waals surface area contributed by atoms with E-state index in [9.17, 15) is 18.4 Å². The molecule has 0 fully saturated rings. The van der Waals surface area contributed by atoms with Crippen molar-refractivity contribution < 1.29 is 23.1 Å². The highest BCUT2D eigenvalue weighted by molar-refractivity contribution is 6.04. The van der Waals surface area contributed by atoms with Crippen LogP contribution in [-0.2, 0) is 0 Å². The topological polar surface area (TPSA) is 67.4 Å². The van der Waals surface area contributed by atoms with E-state index >= 15 is 0 Å². The average Bonchev–Trinajstić information content (AvgIpc) is 2.73. The van der Waals surface area contributed by atoms with Gasteiger partial charge in [0.2, 0.25) is 0 Å². The highest BCUT2D eigenvalue weighted by Crippen LogP contribution is 2.16. The van der Waals surface area contributed by atoms with Crippen molar-refractivity contribution in [2.75, 3.05) is 18.5 Å². The van der Waals surface area contributed by atoms with Crippen LogP contribution in [0.4, 0.5) is 14.5 Å². The van der Waals surface area contributed by atoms with E-state index in [2.05, 4.69) is 10.6 Å². The lowest BCUT2D eigenvalue weighted by Gasteiger charge is -2.09. The molecule has 0 aromatic heterocycles. The third-order valence-electron chi connectivity index (χ3n) is 3.98. The lowest BCUT2D eigenvalue weighted by molar-refractivity contribution is 0.0946. The largest absolute Gasteiger partial charge is 0.492 e. The molecule has 0 bridgehead atoms. The summed E-state index contributed by atoms with van der Waals surface area (Å²) in [6.45, 7) is 0.521. The Hall–Kier alpha value is -3.74. The van der Waals surface area contributed by atoms with Crippen molar-refractivity contribution in [2.24, 2.45) is 0 Å². The third kappa shape index (κ3) is 5.87. The number of rotatable bonds is 7. The summed E-state index contributed by atoms with van der Waals surface area (Å²) in [6, 6.07) is 17.2. The Labute approximate surface area is 166 Å². The zero-order chi connectivity index (χ0) is 20.6. The van der Waals surface area contributed by atoms with Crippen molar-refractivity contribution in [3.8, 4) is 5.75 Å². The molecule has 0 spiro atoms. The molecule has 0 aliphatic rings. The smallest absolute Gasteiger partial charge is 0.255 e. The molecular formula is C22H18F2N2O3. The van der Waals surface area contributed by atoms with E-state index in [1.165, 1.54) is 48.5 Å². The molecular weight excluding hydrogens is 378 g/mol. The van der Waals surface area contributed by atoms with Crippen LogP contribution in [0.2, 0.25) is 0 Å². The Kier molecular flexibility index (Phi) is 6.52. The summed E-state index contributed by atoms with van der Waals surface area (Å²) in [4.78, 5) is 24.0. The predicted molar refractivity (Wildman–Crippen MR) is 105 cm³/mol. The summed E-state index contributed by atoms with van der Waals surface area (Å²) < 4.78 is 31.3. The molecule has 0 unspecified atom stereocenters. The fourth-order valence-corrected chi connectivity index (χ4v) is 2.48. The second kappa shape index (κ2) is 9.45. The first-order valence-electron chi connectivity index (χ1n) is 8.85. The molecule has 3 aromatic rings. The van der Waals surface area contributed by atoms with Gasteiger partial charge in [-0.05, 0) is 72.8 Å². The van der Waals surface area contributed by atoms with Gasteiger partial charge in [0.05, 0.1) is 6.54 Å². The molecule has 0 atom stereocenters. The van der Waals surface area contributed by atoms with Crippen LogP contribution in [0, 0.1) is 11.6 Å². The van der Waals surface area contributed by atoms with E-state index < -0.39 is 11.6 Å². The number of benzene rings is 3. The van der Waals surface area contributed by atoms with Crippen molar-refractivity contribution in [3.63, 3.8) is 0 Å². The standard InChI is InChI=1S/C22H18F2N2O3/c23-17-5-1-15(2-6-17)21(27)25-13-14-29-20-11-9-19(10-12-20)26-22(28)16-3-7-18(24)8-4-16/h1-12H,13-14H2,(H,25,27)(H,26,28). The number of hydrogen-bond donors (Lipinski definition) is 2. The maximum absolute atomic E-state index is 12.9. The number of halogens is 2. The highest BCUT2D eigenvalue weighted by Gasteiger charge is 2.07. The molecule has 3 rings (SSSR count). The molecule has 0 saturated heterocycles. The van der Waals surface area contributed by atoms with Crippen molar-refractivity contribution in [1.29, 1.82) is 0 Å². The number of ether oxygens (including phenoxy) is 1. The minimum absolute atomic E-state index is 0.244. The molecule has 0 saturated carbocycles. The molecule has 0 aliphatic heterocycles. The minimum atomic E-state index is -0.406. The van der Waals surface area contributed by atoms with Gasteiger partial charge in [0, 0.05) is 16.8 Å². The second-order valence-electron chi connectivity index (χ2n) is 6.10. The number of carbonyl (C=O) groups excluding carboxylic acids is 2. The van der Waals surface area contributed by atoms with Crippen molar-refractivity contribution in [2.45, 2.75) is 0 Å². The number of amides is 2.